The van der Waals surface area contributed by atoms with Crippen molar-refractivity contribution in [2.45, 2.75) is 83.5 Å². The van der Waals surface area contributed by atoms with Crippen molar-refractivity contribution < 1.29 is 9.53 Å². The van der Waals surface area contributed by atoms with Gasteiger partial charge in [0.25, 0.3) is 0 Å². The van der Waals surface area contributed by atoms with E-state index >= 15 is 0 Å². The third kappa shape index (κ3) is 4.68. The molecule has 4 nitrogen and oxygen atoms in total. The highest BCUT2D eigenvalue weighted by atomic mass is 16.5. The molecule has 122 valence electrons. The van der Waals surface area contributed by atoms with E-state index in [1.54, 1.807) is 0 Å². The Morgan fingerprint density at radius 1 is 1.29 bits per heavy atom. The van der Waals surface area contributed by atoms with E-state index in [4.69, 9.17) is 4.74 Å². The molecular formula is C17H32N2O2. The molecule has 0 aliphatic heterocycles. The van der Waals surface area contributed by atoms with Gasteiger partial charge in [0.2, 0.25) is 0 Å². The van der Waals surface area contributed by atoms with Crippen LogP contribution in [0.2, 0.25) is 0 Å². The molecule has 0 heterocycles. The van der Waals surface area contributed by atoms with Crippen LogP contribution in [0.25, 0.3) is 0 Å². The van der Waals surface area contributed by atoms with Gasteiger partial charge in [0.1, 0.15) is 5.54 Å². The van der Waals surface area contributed by atoms with Gasteiger partial charge in [-0.3, -0.25) is 15.0 Å². The van der Waals surface area contributed by atoms with Gasteiger partial charge >= 0.3 is 5.97 Å². The number of hydrogen-bond acceptors (Lipinski definition) is 4. The largest absolute Gasteiger partial charge is 0.468 e. The van der Waals surface area contributed by atoms with Gasteiger partial charge in [-0.05, 0) is 51.9 Å². The van der Waals surface area contributed by atoms with Crippen LogP contribution in [0.15, 0.2) is 0 Å². The number of esters is 1. The monoisotopic (exact) mass is 296 g/mol. The number of carbonyl (C=O) groups excluding carboxylic acids is 1. The summed E-state index contributed by atoms with van der Waals surface area (Å²) in [5, 5.41) is 3.52. The lowest BCUT2D eigenvalue weighted by atomic mass is 9.92. The maximum Gasteiger partial charge on any atom is 0.325 e. The predicted molar refractivity (Wildman–Crippen MR) is 85.2 cm³/mol. The molecule has 21 heavy (non-hydrogen) atoms. The molecule has 0 aromatic heterocycles. The number of methoxy groups -OCH3 is 1. The zero-order chi connectivity index (χ0) is 15.6. The molecule has 4 heteroatoms. The third-order valence-corrected chi connectivity index (χ3v) is 4.60. The van der Waals surface area contributed by atoms with Crippen LogP contribution in [-0.4, -0.2) is 48.2 Å². The summed E-state index contributed by atoms with van der Waals surface area (Å²) in [5.41, 5.74) is -0.556. The molecule has 2 saturated carbocycles. The molecule has 0 aromatic rings. The van der Waals surface area contributed by atoms with Crippen LogP contribution in [0, 0.1) is 5.92 Å². The Morgan fingerprint density at radius 2 is 1.90 bits per heavy atom. The molecule has 0 spiro atoms. The minimum Gasteiger partial charge on any atom is -0.468 e. The second-order valence-corrected chi connectivity index (χ2v) is 7.62. The van der Waals surface area contributed by atoms with Crippen LogP contribution < -0.4 is 5.32 Å². The summed E-state index contributed by atoms with van der Waals surface area (Å²) in [6.45, 7) is 9.92. The zero-order valence-electron chi connectivity index (χ0n) is 14.3. The fraction of sp³-hybridized carbons (Fsp3) is 0.941. The number of ether oxygens (including phenoxy) is 1. The first kappa shape index (κ1) is 16.8. The van der Waals surface area contributed by atoms with Crippen molar-refractivity contribution in [3.8, 4) is 0 Å². The lowest BCUT2D eigenvalue weighted by molar-refractivity contribution is -0.149. The summed E-state index contributed by atoms with van der Waals surface area (Å²) in [5.74, 6) is 0.537. The van der Waals surface area contributed by atoms with Gasteiger partial charge < -0.3 is 4.74 Å². The van der Waals surface area contributed by atoms with Crippen LogP contribution in [0.5, 0.6) is 0 Å². The van der Waals surface area contributed by atoms with E-state index in [0.717, 1.165) is 19.0 Å². The van der Waals surface area contributed by atoms with Crippen molar-refractivity contribution in [3.05, 3.63) is 0 Å². The van der Waals surface area contributed by atoms with E-state index in [1.165, 1.54) is 32.8 Å². The van der Waals surface area contributed by atoms with Gasteiger partial charge in [-0.25, -0.2) is 0 Å². The SMILES string of the molecule is COC(=O)C(C)(CC(C)N(CC(C)C)C1CC1)NC1CC1. The lowest BCUT2D eigenvalue weighted by Gasteiger charge is -2.37. The summed E-state index contributed by atoms with van der Waals surface area (Å²) >= 11 is 0. The minimum absolute atomic E-state index is 0.124. The van der Waals surface area contributed by atoms with E-state index in [1.807, 2.05) is 6.92 Å². The maximum absolute atomic E-state index is 12.3. The van der Waals surface area contributed by atoms with Crippen LogP contribution in [0.4, 0.5) is 0 Å². The first-order chi connectivity index (χ1) is 9.85. The van der Waals surface area contributed by atoms with Crippen molar-refractivity contribution in [1.82, 2.24) is 10.2 Å². The number of nitrogens with zero attached hydrogens (tertiary/aromatic N) is 1. The van der Waals surface area contributed by atoms with Gasteiger partial charge in [-0.2, -0.15) is 0 Å². The van der Waals surface area contributed by atoms with E-state index < -0.39 is 5.54 Å². The molecule has 1 N–H and O–H groups in total. The molecule has 2 unspecified atom stereocenters. The molecule has 0 bridgehead atoms. The standard InChI is InChI=1S/C17H32N2O2/c1-12(2)11-19(15-8-9-15)13(3)10-17(4,16(20)21-5)18-14-6-7-14/h12-15,18H,6-11H2,1-5H3. The fourth-order valence-corrected chi connectivity index (χ4v) is 3.33. The quantitative estimate of drug-likeness (QED) is 0.664. The Kier molecular flexibility index (Phi) is 5.31. The highest BCUT2D eigenvalue weighted by molar-refractivity contribution is 5.80. The van der Waals surface area contributed by atoms with Crippen molar-refractivity contribution in [2.75, 3.05) is 13.7 Å². The molecule has 2 atom stereocenters. The maximum atomic E-state index is 12.3. The summed E-state index contributed by atoms with van der Waals surface area (Å²) in [6.07, 6.45) is 5.79. The van der Waals surface area contributed by atoms with Crippen LogP contribution >= 0.6 is 0 Å². The number of hydrogen-bond donors (Lipinski definition) is 1. The van der Waals surface area contributed by atoms with E-state index in [-0.39, 0.29) is 5.97 Å². The van der Waals surface area contributed by atoms with Gasteiger partial charge in [0.05, 0.1) is 7.11 Å². The Morgan fingerprint density at radius 3 is 2.33 bits per heavy atom. The smallest absolute Gasteiger partial charge is 0.325 e. The fourth-order valence-electron chi connectivity index (χ4n) is 3.33. The second kappa shape index (κ2) is 6.66. The van der Waals surface area contributed by atoms with E-state index in [2.05, 4.69) is 31.0 Å². The summed E-state index contributed by atoms with van der Waals surface area (Å²) < 4.78 is 5.06. The molecule has 2 fully saturated rings. The Balaban J connectivity index is 2.01. The van der Waals surface area contributed by atoms with Gasteiger partial charge in [-0.15, -0.1) is 0 Å². The average Bonchev–Trinajstić information content (AvgIpc) is 3.27. The first-order valence-corrected chi connectivity index (χ1v) is 8.47. The normalized spacial score (nSPS) is 23.2. The minimum atomic E-state index is -0.556. The molecule has 2 aliphatic carbocycles. The number of nitrogens with one attached hydrogen (secondary N) is 1. The number of carbonyl (C=O) groups is 1. The van der Waals surface area contributed by atoms with Crippen molar-refractivity contribution in [3.63, 3.8) is 0 Å². The Hall–Kier alpha value is -0.610. The summed E-state index contributed by atoms with van der Waals surface area (Å²) in [7, 11) is 1.49. The van der Waals surface area contributed by atoms with Crippen molar-refractivity contribution in [1.29, 1.82) is 0 Å². The van der Waals surface area contributed by atoms with Crippen LogP contribution in [0.1, 0.15) is 59.8 Å². The summed E-state index contributed by atoms with van der Waals surface area (Å²) in [6, 6.07) is 1.63. The third-order valence-electron chi connectivity index (χ3n) is 4.60. The van der Waals surface area contributed by atoms with Crippen molar-refractivity contribution in [2.24, 2.45) is 5.92 Å². The lowest BCUT2D eigenvalue weighted by Crippen LogP contribution is -2.55. The number of rotatable bonds is 9. The van der Waals surface area contributed by atoms with E-state index in [9.17, 15) is 4.79 Å². The van der Waals surface area contributed by atoms with Gasteiger partial charge in [0.15, 0.2) is 0 Å². The van der Waals surface area contributed by atoms with E-state index in [0.29, 0.717) is 18.0 Å². The Labute approximate surface area is 129 Å². The molecule has 2 rings (SSSR count). The molecule has 0 saturated heterocycles. The van der Waals surface area contributed by atoms with Crippen LogP contribution in [-0.2, 0) is 9.53 Å². The highest BCUT2D eigenvalue weighted by Gasteiger charge is 2.43. The molecule has 2 aliphatic rings. The molecule has 0 aromatic carbocycles. The Bertz CT molecular complexity index is 364. The molecule has 0 amide bonds. The first-order valence-electron chi connectivity index (χ1n) is 8.47. The van der Waals surface area contributed by atoms with Gasteiger partial charge in [-0.1, -0.05) is 13.8 Å². The molecular weight excluding hydrogens is 264 g/mol. The van der Waals surface area contributed by atoms with Crippen LogP contribution in [0.3, 0.4) is 0 Å². The highest BCUT2D eigenvalue weighted by Crippen LogP contribution is 2.33. The topological polar surface area (TPSA) is 41.6 Å². The van der Waals surface area contributed by atoms with Crippen molar-refractivity contribution >= 4 is 5.97 Å². The summed E-state index contributed by atoms with van der Waals surface area (Å²) in [4.78, 5) is 14.9. The van der Waals surface area contributed by atoms with Gasteiger partial charge in [0, 0.05) is 24.7 Å². The second-order valence-electron chi connectivity index (χ2n) is 7.62. The zero-order valence-corrected chi connectivity index (χ0v) is 14.3. The molecule has 0 radical (unpaired) electrons. The predicted octanol–water partition coefficient (Wildman–Crippen LogP) is 2.57. The average molecular weight is 296 g/mol.